The largest absolute Gasteiger partial charge is 0.375 e. The molecular formula is C23H45N3O2. The Hall–Kier alpha value is -0.200. The van der Waals surface area contributed by atoms with Gasteiger partial charge in [-0.15, -0.1) is 0 Å². The number of hydrogen-bond donors (Lipinski definition) is 0. The summed E-state index contributed by atoms with van der Waals surface area (Å²) in [5.41, 5.74) is 0.285. The summed E-state index contributed by atoms with van der Waals surface area (Å²) < 4.78 is 12.4. The molecule has 0 unspecified atom stereocenters. The number of piperidine rings is 1. The molecule has 1 aliphatic carbocycles. The van der Waals surface area contributed by atoms with E-state index in [0.717, 1.165) is 12.8 Å². The van der Waals surface area contributed by atoms with Gasteiger partial charge >= 0.3 is 0 Å². The molecule has 5 heteroatoms. The van der Waals surface area contributed by atoms with Crippen LogP contribution in [0, 0.1) is 0 Å². The van der Waals surface area contributed by atoms with Crippen molar-refractivity contribution < 1.29 is 9.47 Å². The number of piperazine rings is 1. The molecule has 3 rings (SSSR count). The summed E-state index contributed by atoms with van der Waals surface area (Å²) in [5, 5.41) is 0. The first-order chi connectivity index (χ1) is 13.1. The number of rotatable bonds is 6. The number of ether oxygens (including phenoxy) is 2. The van der Waals surface area contributed by atoms with Gasteiger partial charge in [-0.3, -0.25) is 9.80 Å². The van der Waals surface area contributed by atoms with Crippen LogP contribution in [0.2, 0.25) is 0 Å². The van der Waals surface area contributed by atoms with E-state index in [4.69, 9.17) is 9.47 Å². The Morgan fingerprint density at radius 1 is 0.679 bits per heavy atom. The SMILES string of the molecule is CC(C)(C)OC1CC(OC2CCN(CCN3CCN(C(C)(C)C)CC3)CC2)C1. The highest BCUT2D eigenvalue weighted by atomic mass is 16.5. The molecule has 28 heavy (non-hydrogen) atoms. The van der Waals surface area contributed by atoms with E-state index in [1.807, 2.05) is 0 Å². The monoisotopic (exact) mass is 395 g/mol. The van der Waals surface area contributed by atoms with E-state index in [9.17, 15) is 0 Å². The van der Waals surface area contributed by atoms with Crippen LogP contribution in [-0.2, 0) is 9.47 Å². The molecule has 2 heterocycles. The molecule has 2 aliphatic heterocycles. The molecule has 0 N–H and O–H groups in total. The van der Waals surface area contributed by atoms with E-state index in [2.05, 4.69) is 56.2 Å². The molecule has 0 aromatic carbocycles. The van der Waals surface area contributed by atoms with Crippen LogP contribution in [-0.4, -0.2) is 96.5 Å². The lowest BCUT2D eigenvalue weighted by atomic mass is 9.90. The highest BCUT2D eigenvalue weighted by Gasteiger charge is 2.35. The molecule has 0 aromatic heterocycles. The standard InChI is InChI=1S/C23H45N3O2/c1-22(2,3)26-15-13-25(14-16-26)12-11-24-9-7-19(8-10-24)27-20-17-21(18-20)28-23(4,5)6/h19-21H,7-18H2,1-6H3. The van der Waals surface area contributed by atoms with Gasteiger partial charge in [0.25, 0.3) is 0 Å². The minimum absolute atomic E-state index is 0.0274. The van der Waals surface area contributed by atoms with Gasteiger partial charge in [-0.2, -0.15) is 0 Å². The van der Waals surface area contributed by atoms with E-state index in [-0.39, 0.29) is 5.60 Å². The van der Waals surface area contributed by atoms with Crippen molar-refractivity contribution in [1.82, 2.24) is 14.7 Å². The normalized spacial score (nSPS) is 29.8. The van der Waals surface area contributed by atoms with Gasteiger partial charge < -0.3 is 14.4 Å². The lowest BCUT2D eigenvalue weighted by molar-refractivity contribution is -0.167. The van der Waals surface area contributed by atoms with Gasteiger partial charge in [-0.05, 0) is 67.2 Å². The first-order valence-electron chi connectivity index (χ1n) is 11.6. The van der Waals surface area contributed by atoms with Crippen LogP contribution in [0.25, 0.3) is 0 Å². The molecule has 0 amide bonds. The van der Waals surface area contributed by atoms with Gasteiger partial charge in [0.15, 0.2) is 0 Å². The van der Waals surface area contributed by atoms with Crippen molar-refractivity contribution in [2.75, 3.05) is 52.4 Å². The minimum Gasteiger partial charge on any atom is -0.375 e. The summed E-state index contributed by atoms with van der Waals surface area (Å²) in [7, 11) is 0. The number of hydrogen-bond acceptors (Lipinski definition) is 5. The maximum atomic E-state index is 6.34. The second-order valence-corrected chi connectivity index (χ2v) is 11.1. The summed E-state index contributed by atoms with van der Waals surface area (Å²) in [6, 6.07) is 0. The molecule has 0 aromatic rings. The Morgan fingerprint density at radius 3 is 1.71 bits per heavy atom. The first-order valence-corrected chi connectivity index (χ1v) is 11.6. The van der Waals surface area contributed by atoms with Crippen molar-refractivity contribution in [3.05, 3.63) is 0 Å². The van der Waals surface area contributed by atoms with Gasteiger partial charge in [0.05, 0.1) is 23.9 Å². The average molecular weight is 396 g/mol. The predicted molar refractivity (Wildman–Crippen MR) is 116 cm³/mol. The molecule has 2 saturated heterocycles. The highest BCUT2D eigenvalue weighted by molar-refractivity contribution is 4.86. The molecule has 0 bridgehead atoms. The van der Waals surface area contributed by atoms with Gasteiger partial charge in [0.2, 0.25) is 0 Å². The maximum absolute atomic E-state index is 6.34. The lowest BCUT2D eigenvalue weighted by Crippen LogP contribution is -2.54. The fourth-order valence-corrected chi connectivity index (χ4v) is 4.69. The van der Waals surface area contributed by atoms with Crippen LogP contribution in [0.3, 0.4) is 0 Å². The summed E-state index contributed by atoms with van der Waals surface area (Å²) in [5.74, 6) is 0. The fourth-order valence-electron chi connectivity index (χ4n) is 4.69. The van der Waals surface area contributed by atoms with Gasteiger partial charge in [0.1, 0.15) is 0 Å². The predicted octanol–water partition coefficient (Wildman–Crippen LogP) is 3.23. The number of nitrogens with zero attached hydrogens (tertiary/aromatic N) is 3. The van der Waals surface area contributed by atoms with Gasteiger partial charge in [-0.25, -0.2) is 0 Å². The first kappa shape index (κ1) is 22.5. The van der Waals surface area contributed by atoms with E-state index in [1.165, 1.54) is 65.2 Å². The third-order valence-electron chi connectivity index (χ3n) is 6.54. The topological polar surface area (TPSA) is 28.2 Å². The molecule has 164 valence electrons. The summed E-state index contributed by atoms with van der Waals surface area (Å²) in [6.45, 7) is 23.1. The van der Waals surface area contributed by atoms with E-state index < -0.39 is 0 Å². The second kappa shape index (κ2) is 9.30. The van der Waals surface area contributed by atoms with Crippen molar-refractivity contribution in [3.8, 4) is 0 Å². The fraction of sp³-hybridized carbons (Fsp3) is 1.00. The van der Waals surface area contributed by atoms with Gasteiger partial charge in [0, 0.05) is 57.9 Å². The van der Waals surface area contributed by atoms with E-state index in [1.54, 1.807) is 0 Å². The number of likely N-dealkylation sites (tertiary alicyclic amines) is 1. The molecule has 3 aliphatic rings. The lowest BCUT2D eigenvalue weighted by Gasteiger charge is -2.43. The molecule has 3 fully saturated rings. The molecule has 0 spiro atoms. The van der Waals surface area contributed by atoms with Crippen LogP contribution in [0.1, 0.15) is 67.2 Å². The van der Waals surface area contributed by atoms with Crippen LogP contribution in [0.15, 0.2) is 0 Å². The Kier molecular flexibility index (Phi) is 7.47. The molecular weight excluding hydrogens is 350 g/mol. The third kappa shape index (κ3) is 6.94. The Morgan fingerprint density at radius 2 is 1.21 bits per heavy atom. The van der Waals surface area contributed by atoms with Crippen molar-refractivity contribution in [2.45, 2.75) is 96.7 Å². The Labute approximate surface area is 173 Å². The second-order valence-electron chi connectivity index (χ2n) is 11.1. The molecule has 0 radical (unpaired) electrons. The van der Waals surface area contributed by atoms with E-state index >= 15 is 0 Å². The minimum atomic E-state index is -0.0274. The Bertz CT molecular complexity index is 463. The zero-order valence-corrected chi connectivity index (χ0v) is 19.4. The quantitative estimate of drug-likeness (QED) is 0.688. The highest BCUT2D eigenvalue weighted by Crippen LogP contribution is 2.32. The summed E-state index contributed by atoms with van der Waals surface area (Å²) >= 11 is 0. The van der Waals surface area contributed by atoms with Crippen LogP contribution in [0.4, 0.5) is 0 Å². The average Bonchev–Trinajstić information content (AvgIpc) is 2.58. The molecule has 1 saturated carbocycles. The van der Waals surface area contributed by atoms with E-state index in [0.29, 0.717) is 23.9 Å². The van der Waals surface area contributed by atoms with Gasteiger partial charge in [-0.1, -0.05) is 0 Å². The zero-order valence-electron chi connectivity index (χ0n) is 19.4. The smallest absolute Gasteiger partial charge is 0.0631 e. The Balaban J connectivity index is 1.25. The summed E-state index contributed by atoms with van der Waals surface area (Å²) in [6.07, 6.45) is 5.85. The van der Waals surface area contributed by atoms with Crippen LogP contribution >= 0.6 is 0 Å². The van der Waals surface area contributed by atoms with Crippen molar-refractivity contribution in [3.63, 3.8) is 0 Å². The van der Waals surface area contributed by atoms with Crippen molar-refractivity contribution in [2.24, 2.45) is 0 Å². The van der Waals surface area contributed by atoms with Crippen molar-refractivity contribution in [1.29, 1.82) is 0 Å². The third-order valence-corrected chi connectivity index (χ3v) is 6.54. The van der Waals surface area contributed by atoms with Crippen LogP contribution < -0.4 is 0 Å². The maximum Gasteiger partial charge on any atom is 0.0631 e. The summed E-state index contributed by atoms with van der Waals surface area (Å²) in [4.78, 5) is 7.90. The van der Waals surface area contributed by atoms with Crippen molar-refractivity contribution >= 4 is 0 Å². The molecule has 5 nitrogen and oxygen atoms in total. The van der Waals surface area contributed by atoms with Crippen LogP contribution in [0.5, 0.6) is 0 Å². The zero-order chi connectivity index (χ0) is 20.4. The molecule has 0 atom stereocenters.